The molecule has 18 heavy (non-hydrogen) atoms. The summed E-state index contributed by atoms with van der Waals surface area (Å²) in [7, 11) is 0. The summed E-state index contributed by atoms with van der Waals surface area (Å²) in [6, 6.07) is 0.599. The van der Waals surface area contributed by atoms with E-state index >= 15 is 0 Å². The lowest BCUT2D eigenvalue weighted by Crippen LogP contribution is -2.40. The predicted molar refractivity (Wildman–Crippen MR) is 70.3 cm³/mol. The van der Waals surface area contributed by atoms with Crippen molar-refractivity contribution in [1.82, 2.24) is 9.80 Å². The molecule has 0 saturated carbocycles. The third kappa shape index (κ3) is 3.67. The summed E-state index contributed by atoms with van der Waals surface area (Å²) in [4.78, 5) is 16.7. The minimum atomic E-state index is 0.237. The number of hydrogen-bond donors (Lipinski definition) is 1. The molecule has 0 aromatic carbocycles. The maximum absolute atomic E-state index is 12.1. The van der Waals surface area contributed by atoms with Crippen LogP contribution in [0.4, 0.5) is 0 Å². The van der Waals surface area contributed by atoms with Gasteiger partial charge in [-0.05, 0) is 25.8 Å². The predicted octanol–water partition coefficient (Wildman–Crippen LogP) is 0.0485. The Morgan fingerprint density at radius 3 is 2.89 bits per heavy atom. The fraction of sp³-hybridized carbons (Fsp3) is 0.923. The Morgan fingerprint density at radius 1 is 1.22 bits per heavy atom. The van der Waals surface area contributed by atoms with Crippen LogP contribution >= 0.6 is 0 Å². The number of fused-ring (bicyclic) bond motifs is 1. The second-order valence-electron chi connectivity index (χ2n) is 5.18. The van der Waals surface area contributed by atoms with Gasteiger partial charge in [0.2, 0.25) is 5.91 Å². The molecule has 1 amide bonds. The first-order chi connectivity index (χ1) is 8.81. The van der Waals surface area contributed by atoms with Crippen LogP contribution in [-0.2, 0) is 9.53 Å². The molecule has 2 aliphatic heterocycles. The van der Waals surface area contributed by atoms with Crippen molar-refractivity contribution in [3.8, 4) is 0 Å². The zero-order valence-corrected chi connectivity index (χ0v) is 11.1. The van der Waals surface area contributed by atoms with E-state index in [0.717, 1.165) is 26.1 Å². The molecular weight excluding hydrogens is 230 g/mol. The third-order valence-corrected chi connectivity index (χ3v) is 3.88. The summed E-state index contributed by atoms with van der Waals surface area (Å²) in [6.07, 6.45) is 4.12. The summed E-state index contributed by atoms with van der Waals surface area (Å²) in [5.41, 5.74) is 5.34. The van der Waals surface area contributed by atoms with E-state index in [2.05, 4.69) is 4.90 Å². The number of nitrogens with zero attached hydrogens (tertiary/aromatic N) is 2. The first kappa shape index (κ1) is 13.8. The summed E-state index contributed by atoms with van der Waals surface area (Å²) in [5, 5.41) is 0. The molecule has 0 aromatic heterocycles. The van der Waals surface area contributed by atoms with Crippen molar-refractivity contribution in [2.45, 2.75) is 31.7 Å². The first-order valence-electron chi connectivity index (χ1n) is 7.11. The van der Waals surface area contributed by atoms with E-state index < -0.39 is 0 Å². The molecule has 0 spiro atoms. The largest absolute Gasteiger partial charge is 0.380 e. The topological polar surface area (TPSA) is 58.8 Å². The second kappa shape index (κ2) is 7.07. The molecule has 0 radical (unpaired) electrons. The molecule has 2 fully saturated rings. The van der Waals surface area contributed by atoms with Crippen molar-refractivity contribution in [2.75, 3.05) is 45.9 Å². The van der Waals surface area contributed by atoms with Gasteiger partial charge in [0.15, 0.2) is 0 Å². The van der Waals surface area contributed by atoms with Crippen LogP contribution in [0, 0.1) is 0 Å². The second-order valence-corrected chi connectivity index (χ2v) is 5.18. The molecule has 2 heterocycles. The molecule has 5 nitrogen and oxygen atoms in total. The minimum Gasteiger partial charge on any atom is -0.380 e. The van der Waals surface area contributed by atoms with E-state index in [0.29, 0.717) is 32.2 Å². The Kier molecular flexibility index (Phi) is 5.41. The average Bonchev–Trinajstić information content (AvgIpc) is 2.71. The van der Waals surface area contributed by atoms with Crippen LogP contribution in [0.5, 0.6) is 0 Å². The van der Waals surface area contributed by atoms with E-state index in [1.807, 2.05) is 4.90 Å². The van der Waals surface area contributed by atoms with Crippen molar-refractivity contribution >= 4 is 5.91 Å². The highest BCUT2D eigenvalue weighted by atomic mass is 16.5. The molecule has 0 aliphatic carbocycles. The quantitative estimate of drug-likeness (QED) is 0.705. The van der Waals surface area contributed by atoms with Crippen LogP contribution in [0.3, 0.4) is 0 Å². The van der Waals surface area contributed by atoms with Crippen LogP contribution in [0.1, 0.15) is 25.7 Å². The van der Waals surface area contributed by atoms with Crippen molar-refractivity contribution in [1.29, 1.82) is 0 Å². The van der Waals surface area contributed by atoms with Crippen molar-refractivity contribution in [3.05, 3.63) is 0 Å². The lowest BCUT2D eigenvalue weighted by Gasteiger charge is -2.25. The van der Waals surface area contributed by atoms with Gasteiger partial charge in [-0.2, -0.15) is 0 Å². The van der Waals surface area contributed by atoms with Crippen LogP contribution in [0.2, 0.25) is 0 Å². The highest BCUT2D eigenvalue weighted by Gasteiger charge is 2.30. The van der Waals surface area contributed by atoms with Gasteiger partial charge in [-0.15, -0.1) is 0 Å². The molecule has 2 rings (SSSR count). The standard InChI is InChI=1S/C13H25N3O2/c14-5-10-18-9-4-13(17)16-8-2-7-15-6-1-3-12(15)11-16/h12H,1-11,14H2. The van der Waals surface area contributed by atoms with Crippen LogP contribution < -0.4 is 5.73 Å². The fourth-order valence-corrected chi connectivity index (χ4v) is 2.94. The van der Waals surface area contributed by atoms with Crippen LogP contribution in [-0.4, -0.2) is 67.7 Å². The van der Waals surface area contributed by atoms with E-state index in [1.165, 1.54) is 19.4 Å². The summed E-state index contributed by atoms with van der Waals surface area (Å²) in [6.45, 7) is 5.75. The highest BCUT2D eigenvalue weighted by Crippen LogP contribution is 2.21. The zero-order valence-electron chi connectivity index (χ0n) is 11.1. The number of ether oxygens (including phenoxy) is 1. The van der Waals surface area contributed by atoms with Gasteiger partial charge >= 0.3 is 0 Å². The monoisotopic (exact) mass is 255 g/mol. The lowest BCUT2D eigenvalue weighted by molar-refractivity contribution is -0.132. The maximum Gasteiger partial charge on any atom is 0.224 e. The van der Waals surface area contributed by atoms with E-state index in [1.54, 1.807) is 0 Å². The fourth-order valence-electron chi connectivity index (χ4n) is 2.94. The number of carbonyl (C=O) groups excluding carboxylic acids is 1. The molecule has 0 aromatic rings. The Hall–Kier alpha value is -0.650. The van der Waals surface area contributed by atoms with Gasteiger partial charge in [0, 0.05) is 32.2 Å². The van der Waals surface area contributed by atoms with Gasteiger partial charge in [0.25, 0.3) is 0 Å². The van der Waals surface area contributed by atoms with Gasteiger partial charge in [-0.3, -0.25) is 9.69 Å². The number of rotatable bonds is 5. The third-order valence-electron chi connectivity index (χ3n) is 3.88. The van der Waals surface area contributed by atoms with E-state index in [4.69, 9.17) is 10.5 Å². The average molecular weight is 255 g/mol. The normalized spacial score (nSPS) is 24.9. The molecule has 1 atom stereocenters. The minimum absolute atomic E-state index is 0.237. The molecule has 5 heteroatoms. The number of hydrogen-bond acceptors (Lipinski definition) is 4. The smallest absolute Gasteiger partial charge is 0.224 e. The van der Waals surface area contributed by atoms with Crippen molar-refractivity contribution < 1.29 is 9.53 Å². The molecule has 104 valence electrons. The van der Waals surface area contributed by atoms with Gasteiger partial charge in [0.1, 0.15) is 0 Å². The molecular formula is C13H25N3O2. The lowest BCUT2D eigenvalue weighted by atomic mass is 10.2. The van der Waals surface area contributed by atoms with Gasteiger partial charge < -0.3 is 15.4 Å². The zero-order chi connectivity index (χ0) is 12.8. The first-order valence-corrected chi connectivity index (χ1v) is 7.11. The summed E-state index contributed by atoms with van der Waals surface area (Å²) < 4.78 is 5.28. The highest BCUT2D eigenvalue weighted by molar-refractivity contribution is 5.76. The van der Waals surface area contributed by atoms with Gasteiger partial charge in [-0.25, -0.2) is 0 Å². The molecule has 1 unspecified atom stereocenters. The number of carbonyl (C=O) groups is 1. The van der Waals surface area contributed by atoms with Gasteiger partial charge in [0.05, 0.1) is 19.6 Å². The molecule has 2 saturated heterocycles. The van der Waals surface area contributed by atoms with Crippen LogP contribution in [0.15, 0.2) is 0 Å². The molecule has 2 N–H and O–H groups in total. The SMILES string of the molecule is NCCOCCC(=O)N1CCCN2CCCC2C1. The summed E-state index contributed by atoms with van der Waals surface area (Å²) >= 11 is 0. The molecule has 0 bridgehead atoms. The van der Waals surface area contributed by atoms with Crippen LogP contribution in [0.25, 0.3) is 0 Å². The van der Waals surface area contributed by atoms with Gasteiger partial charge in [-0.1, -0.05) is 0 Å². The van der Waals surface area contributed by atoms with Crippen molar-refractivity contribution in [2.24, 2.45) is 5.73 Å². The maximum atomic E-state index is 12.1. The number of amides is 1. The Bertz CT molecular complexity index is 273. The molecule has 2 aliphatic rings. The number of nitrogens with two attached hydrogens (primary N) is 1. The Balaban J connectivity index is 1.75. The van der Waals surface area contributed by atoms with E-state index in [9.17, 15) is 4.79 Å². The van der Waals surface area contributed by atoms with Crippen molar-refractivity contribution in [3.63, 3.8) is 0 Å². The Morgan fingerprint density at radius 2 is 2.06 bits per heavy atom. The summed E-state index contributed by atoms with van der Waals surface area (Å²) in [5.74, 6) is 0.237. The Labute approximate surface area is 109 Å². The van der Waals surface area contributed by atoms with E-state index in [-0.39, 0.29) is 5.91 Å².